The Balaban J connectivity index is 3.14. The van der Waals surface area contributed by atoms with E-state index in [1.165, 1.54) is 0 Å². The van der Waals surface area contributed by atoms with Crippen LogP contribution in [0.5, 0.6) is 0 Å². The van der Waals surface area contributed by atoms with Gasteiger partial charge in [-0.2, -0.15) is 0 Å². The molecule has 0 aliphatic heterocycles. The highest BCUT2D eigenvalue weighted by molar-refractivity contribution is 6.43. The largest absolute Gasteiger partial charge is 0.387 e. The molecule has 0 aliphatic carbocycles. The standard InChI is InChI=1S/C7H6Cl2N/c1-10-6-4-2-3-5(8)7(6)9/h2,4,10H,1H3. The van der Waals surface area contributed by atoms with Gasteiger partial charge >= 0.3 is 0 Å². The second kappa shape index (κ2) is 3.13. The predicted molar refractivity (Wildman–Crippen MR) is 44.8 cm³/mol. The van der Waals surface area contributed by atoms with Crippen molar-refractivity contribution >= 4 is 28.9 Å². The second-order valence-corrected chi connectivity index (χ2v) is 2.53. The topological polar surface area (TPSA) is 12.0 Å². The van der Waals surface area contributed by atoms with Gasteiger partial charge < -0.3 is 5.32 Å². The summed E-state index contributed by atoms with van der Waals surface area (Å²) in [7, 11) is 1.79. The van der Waals surface area contributed by atoms with Crippen LogP contribution in [0.3, 0.4) is 0 Å². The molecule has 0 aromatic heterocycles. The van der Waals surface area contributed by atoms with E-state index in [1.54, 1.807) is 13.1 Å². The minimum absolute atomic E-state index is 0.452. The van der Waals surface area contributed by atoms with Gasteiger partial charge in [0.25, 0.3) is 0 Å². The number of anilines is 1. The smallest absolute Gasteiger partial charge is 0.0829 e. The molecule has 1 aromatic rings. The zero-order valence-electron chi connectivity index (χ0n) is 5.41. The van der Waals surface area contributed by atoms with Crippen LogP contribution in [0.4, 0.5) is 5.69 Å². The summed E-state index contributed by atoms with van der Waals surface area (Å²) in [6.45, 7) is 0. The number of hydrogen-bond donors (Lipinski definition) is 1. The maximum Gasteiger partial charge on any atom is 0.0829 e. The molecular formula is C7H6Cl2N. The highest BCUT2D eigenvalue weighted by Gasteiger charge is 2.00. The number of rotatable bonds is 1. The van der Waals surface area contributed by atoms with Gasteiger partial charge in [-0.15, -0.1) is 0 Å². The molecule has 0 heterocycles. The van der Waals surface area contributed by atoms with Crippen molar-refractivity contribution in [2.75, 3.05) is 12.4 Å². The molecule has 1 nitrogen and oxygen atoms in total. The minimum atomic E-state index is 0.452. The molecule has 1 radical (unpaired) electrons. The monoisotopic (exact) mass is 174 g/mol. The third-order valence-corrected chi connectivity index (χ3v) is 1.95. The number of nitrogens with one attached hydrogen (secondary N) is 1. The van der Waals surface area contributed by atoms with Crippen LogP contribution in [-0.2, 0) is 0 Å². The normalized spacial score (nSPS) is 9.50. The molecule has 0 bridgehead atoms. The van der Waals surface area contributed by atoms with Gasteiger partial charge in [0.15, 0.2) is 0 Å². The lowest BCUT2D eigenvalue weighted by molar-refractivity contribution is 1.51. The average Bonchev–Trinajstić information content (AvgIpc) is 1.95. The zero-order chi connectivity index (χ0) is 7.56. The Labute approximate surface area is 70.0 Å². The van der Waals surface area contributed by atoms with E-state index in [1.807, 2.05) is 6.07 Å². The highest BCUT2D eigenvalue weighted by atomic mass is 35.5. The van der Waals surface area contributed by atoms with E-state index in [2.05, 4.69) is 11.4 Å². The van der Waals surface area contributed by atoms with Crippen LogP contribution in [0, 0.1) is 6.07 Å². The fraction of sp³-hybridized carbons (Fsp3) is 0.143. The van der Waals surface area contributed by atoms with Crippen LogP contribution in [0.25, 0.3) is 0 Å². The van der Waals surface area contributed by atoms with Gasteiger partial charge in [0.05, 0.1) is 15.7 Å². The van der Waals surface area contributed by atoms with E-state index in [-0.39, 0.29) is 0 Å². The van der Waals surface area contributed by atoms with E-state index >= 15 is 0 Å². The van der Waals surface area contributed by atoms with Gasteiger partial charge in [-0.05, 0) is 6.07 Å². The zero-order valence-corrected chi connectivity index (χ0v) is 6.92. The third-order valence-electron chi connectivity index (χ3n) is 1.16. The quantitative estimate of drug-likeness (QED) is 0.691. The third kappa shape index (κ3) is 1.36. The minimum Gasteiger partial charge on any atom is -0.387 e. The first-order valence-corrected chi connectivity index (χ1v) is 3.54. The van der Waals surface area contributed by atoms with Gasteiger partial charge in [-0.1, -0.05) is 29.3 Å². The summed E-state index contributed by atoms with van der Waals surface area (Å²) in [5.74, 6) is 0. The fourth-order valence-electron chi connectivity index (χ4n) is 0.646. The van der Waals surface area contributed by atoms with Crippen LogP contribution in [-0.4, -0.2) is 7.05 Å². The molecule has 1 aromatic carbocycles. The van der Waals surface area contributed by atoms with Gasteiger partial charge in [0, 0.05) is 13.1 Å². The van der Waals surface area contributed by atoms with Crippen molar-refractivity contribution < 1.29 is 0 Å². The first-order valence-electron chi connectivity index (χ1n) is 2.79. The van der Waals surface area contributed by atoms with Crippen LogP contribution >= 0.6 is 23.2 Å². The van der Waals surface area contributed by atoms with Crippen LogP contribution < -0.4 is 5.32 Å². The maximum atomic E-state index is 5.77. The van der Waals surface area contributed by atoms with Gasteiger partial charge in [0.1, 0.15) is 0 Å². The lowest BCUT2D eigenvalue weighted by Gasteiger charge is -2.02. The Hall–Kier alpha value is -0.400. The van der Waals surface area contributed by atoms with Crippen molar-refractivity contribution in [3.63, 3.8) is 0 Å². The SMILES string of the molecule is CNc1cc[c]c(Cl)c1Cl. The van der Waals surface area contributed by atoms with E-state index in [0.717, 1.165) is 5.69 Å². The van der Waals surface area contributed by atoms with E-state index in [9.17, 15) is 0 Å². The van der Waals surface area contributed by atoms with Crippen LogP contribution in [0.1, 0.15) is 0 Å². The lowest BCUT2D eigenvalue weighted by atomic mass is 10.3. The molecule has 0 saturated carbocycles. The molecule has 0 spiro atoms. The second-order valence-electron chi connectivity index (χ2n) is 1.77. The van der Waals surface area contributed by atoms with E-state index in [4.69, 9.17) is 23.2 Å². The molecule has 53 valence electrons. The fourth-order valence-corrected chi connectivity index (χ4v) is 1.02. The van der Waals surface area contributed by atoms with Gasteiger partial charge in [-0.25, -0.2) is 0 Å². The molecule has 0 aliphatic rings. The first kappa shape index (κ1) is 7.70. The summed E-state index contributed by atoms with van der Waals surface area (Å²) in [6, 6.07) is 6.30. The predicted octanol–water partition coefficient (Wildman–Crippen LogP) is 2.84. The number of hydrogen-bond acceptors (Lipinski definition) is 1. The van der Waals surface area contributed by atoms with Crippen molar-refractivity contribution in [1.29, 1.82) is 0 Å². The lowest BCUT2D eigenvalue weighted by Crippen LogP contribution is -1.88. The van der Waals surface area contributed by atoms with Gasteiger partial charge in [-0.3, -0.25) is 0 Å². The Morgan fingerprint density at radius 1 is 1.50 bits per heavy atom. The summed E-state index contributed by atoms with van der Waals surface area (Å²) in [5.41, 5.74) is 0.824. The Kier molecular flexibility index (Phi) is 2.41. The van der Waals surface area contributed by atoms with Crippen molar-refractivity contribution in [1.82, 2.24) is 0 Å². The molecule has 10 heavy (non-hydrogen) atoms. The Bertz CT molecular complexity index is 235. The highest BCUT2D eigenvalue weighted by Crippen LogP contribution is 2.28. The molecule has 1 N–H and O–H groups in total. The molecular weight excluding hydrogens is 169 g/mol. The van der Waals surface area contributed by atoms with Crippen LogP contribution in [0.2, 0.25) is 10.0 Å². The van der Waals surface area contributed by atoms with Crippen LogP contribution in [0.15, 0.2) is 12.1 Å². The van der Waals surface area contributed by atoms with Gasteiger partial charge in [0.2, 0.25) is 0 Å². The van der Waals surface area contributed by atoms with Crippen molar-refractivity contribution in [3.8, 4) is 0 Å². The molecule has 0 fully saturated rings. The number of benzene rings is 1. The van der Waals surface area contributed by atoms with E-state index in [0.29, 0.717) is 10.0 Å². The molecule has 0 saturated heterocycles. The van der Waals surface area contributed by atoms with Crippen molar-refractivity contribution in [2.45, 2.75) is 0 Å². The summed E-state index contributed by atoms with van der Waals surface area (Å²) < 4.78 is 0. The first-order chi connectivity index (χ1) is 4.75. The average molecular weight is 175 g/mol. The molecule has 0 amide bonds. The molecule has 1 rings (SSSR count). The Morgan fingerprint density at radius 2 is 2.20 bits per heavy atom. The number of halogens is 2. The molecule has 3 heteroatoms. The summed E-state index contributed by atoms with van der Waals surface area (Å²) >= 11 is 11.4. The summed E-state index contributed by atoms with van der Waals surface area (Å²) in [5, 5.41) is 3.87. The molecule has 0 atom stereocenters. The van der Waals surface area contributed by atoms with Crippen molar-refractivity contribution in [3.05, 3.63) is 28.2 Å². The summed E-state index contributed by atoms with van der Waals surface area (Å²) in [6.07, 6.45) is 0. The summed E-state index contributed by atoms with van der Waals surface area (Å²) in [4.78, 5) is 0. The van der Waals surface area contributed by atoms with Crippen molar-refractivity contribution in [2.24, 2.45) is 0 Å². The Morgan fingerprint density at radius 3 is 2.70 bits per heavy atom. The molecule has 0 unspecified atom stereocenters. The van der Waals surface area contributed by atoms with E-state index < -0.39 is 0 Å². The maximum absolute atomic E-state index is 5.77.